The van der Waals surface area contributed by atoms with E-state index in [0.717, 1.165) is 13.1 Å². The van der Waals surface area contributed by atoms with Crippen molar-refractivity contribution in [2.24, 2.45) is 11.8 Å². The van der Waals surface area contributed by atoms with E-state index in [1.165, 1.54) is 25.7 Å². The summed E-state index contributed by atoms with van der Waals surface area (Å²) in [5, 5.41) is 25.5. The van der Waals surface area contributed by atoms with Crippen LogP contribution in [0.15, 0.2) is 0 Å². The zero-order chi connectivity index (χ0) is 15.2. The molecule has 0 radical (unpaired) electrons. The van der Waals surface area contributed by atoms with Gasteiger partial charge in [0, 0.05) is 11.1 Å². The Morgan fingerprint density at radius 3 is 1.60 bits per heavy atom. The van der Waals surface area contributed by atoms with Crippen molar-refractivity contribution in [3.8, 4) is 0 Å². The van der Waals surface area contributed by atoms with Gasteiger partial charge in [-0.05, 0) is 71.9 Å². The molecule has 0 heterocycles. The Balaban J connectivity index is 2.32. The highest BCUT2D eigenvalue weighted by atomic mass is 16.3. The van der Waals surface area contributed by atoms with Gasteiger partial charge in [-0.1, -0.05) is 6.42 Å². The first kappa shape index (κ1) is 17.9. The summed E-state index contributed by atoms with van der Waals surface area (Å²) in [6, 6.07) is 0. The van der Waals surface area contributed by atoms with Gasteiger partial charge in [0.05, 0.1) is 13.2 Å². The minimum absolute atomic E-state index is 0.176. The molecule has 1 saturated carbocycles. The molecule has 0 aromatic carbocycles. The van der Waals surface area contributed by atoms with Gasteiger partial charge < -0.3 is 20.8 Å². The van der Waals surface area contributed by atoms with Crippen LogP contribution in [0.1, 0.15) is 53.4 Å². The number of hydrogen-bond donors (Lipinski definition) is 4. The highest BCUT2D eigenvalue weighted by molar-refractivity contribution is 4.83. The van der Waals surface area contributed by atoms with E-state index in [2.05, 4.69) is 10.6 Å². The fraction of sp³-hybridized carbons (Fsp3) is 1.00. The minimum atomic E-state index is -0.177. The third-order valence-corrected chi connectivity index (χ3v) is 4.42. The van der Waals surface area contributed by atoms with Crippen molar-refractivity contribution in [3.63, 3.8) is 0 Å². The highest BCUT2D eigenvalue weighted by Gasteiger charge is 2.25. The van der Waals surface area contributed by atoms with Crippen molar-refractivity contribution in [2.75, 3.05) is 26.3 Å². The van der Waals surface area contributed by atoms with Gasteiger partial charge in [0.2, 0.25) is 0 Å². The van der Waals surface area contributed by atoms with E-state index >= 15 is 0 Å². The van der Waals surface area contributed by atoms with Crippen LogP contribution in [0.3, 0.4) is 0 Å². The molecule has 2 atom stereocenters. The van der Waals surface area contributed by atoms with Gasteiger partial charge >= 0.3 is 0 Å². The molecular formula is C16H34N2O2. The zero-order valence-electron chi connectivity index (χ0n) is 13.7. The third kappa shape index (κ3) is 6.53. The lowest BCUT2D eigenvalue weighted by atomic mass is 9.80. The normalized spacial score (nSPS) is 24.9. The summed E-state index contributed by atoms with van der Waals surface area (Å²) in [4.78, 5) is 0. The number of aliphatic hydroxyl groups is 2. The Morgan fingerprint density at radius 2 is 1.25 bits per heavy atom. The molecule has 0 aromatic heterocycles. The first-order chi connectivity index (χ1) is 9.28. The van der Waals surface area contributed by atoms with E-state index in [0.29, 0.717) is 11.8 Å². The summed E-state index contributed by atoms with van der Waals surface area (Å²) in [7, 11) is 0. The molecule has 120 valence electrons. The van der Waals surface area contributed by atoms with Crippen LogP contribution >= 0.6 is 0 Å². The predicted octanol–water partition coefficient (Wildman–Crippen LogP) is 1.51. The lowest BCUT2D eigenvalue weighted by Crippen LogP contribution is -2.47. The van der Waals surface area contributed by atoms with Crippen LogP contribution in [0.5, 0.6) is 0 Å². The fourth-order valence-corrected chi connectivity index (χ4v) is 2.73. The van der Waals surface area contributed by atoms with Gasteiger partial charge in [0.25, 0.3) is 0 Å². The molecule has 0 aromatic rings. The summed E-state index contributed by atoms with van der Waals surface area (Å²) in [5.41, 5.74) is -0.353. The molecule has 0 unspecified atom stereocenters. The second kappa shape index (κ2) is 7.74. The van der Waals surface area contributed by atoms with Crippen molar-refractivity contribution in [2.45, 2.75) is 64.5 Å². The molecule has 0 spiro atoms. The molecule has 4 N–H and O–H groups in total. The van der Waals surface area contributed by atoms with Crippen molar-refractivity contribution < 1.29 is 10.2 Å². The molecule has 4 nitrogen and oxygen atoms in total. The molecule has 0 bridgehead atoms. The Kier molecular flexibility index (Phi) is 6.92. The van der Waals surface area contributed by atoms with Crippen molar-refractivity contribution in [3.05, 3.63) is 0 Å². The smallest absolute Gasteiger partial charge is 0.0607 e. The van der Waals surface area contributed by atoms with Crippen LogP contribution in [-0.2, 0) is 0 Å². The van der Waals surface area contributed by atoms with E-state index in [9.17, 15) is 10.2 Å². The summed E-state index contributed by atoms with van der Waals surface area (Å²) in [5.74, 6) is 1.41. The lowest BCUT2D eigenvalue weighted by Gasteiger charge is -2.34. The molecule has 20 heavy (non-hydrogen) atoms. The van der Waals surface area contributed by atoms with E-state index < -0.39 is 0 Å². The number of nitrogens with one attached hydrogen (secondary N) is 2. The van der Waals surface area contributed by atoms with Crippen LogP contribution in [0.25, 0.3) is 0 Å². The summed E-state index contributed by atoms with van der Waals surface area (Å²) in [6.07, 6.45) is 5.10. The molecular weight excluding hydrogens is 252 g/mol. The molecule has 1 fully saturated rings. The van der Waals surface area contributed by atoms with Gasteiger partial charge in [0.1, 0.15) is 0 Å². The topological polar surface area (TPSA) is 64.5 Å². The minimum Gasteiger partial charge on any atom is -0.394 e. The van der Waals surface area contributed by atoms with Crippen LogP contribution in [-0.4, -0.2) is 47.6 Å². The Hall–Kier alpha value is -0.160. The maximum absolute atomic E-state index is 9.28. The second-order valence-electron chi connectivity index (χ2n) is 7.74. The molecule has 0 aliphatic heterocycles. The number of aliphatic hydroxyl groups excluding tert-OH is 2. The fourth-order valence-electron chi connectivity index (χ4n) is 2.73. The number of hydrogen-bond acceptors (Lipinski definition) is 4. The predicted molar refractivity (Wildman–Crippen MR) is 83.8 cm³/mol. The Bertz CT molecular complexity index is 254. The average molecular weight is 286 g/mol. The van der Waals surface area contributed by atoms with E-state index in [-0.39, 0.29) is 24.3 Å². The Morgan fingerprint density at radius 1 is 0.850 bits per heavy atom. The van der Waals surface area contributed by atoms with Crippen molar-refractivity contribution >= 4 is 0 Å². The van der Waals surface area contributed by atoms with Gasteiger partial charge in [-0.15, -0.1) is 0 Å². The second-order valence-corrected chi connectivity index (χ2v) is 7.74. The standard InChI is InChI=1S/C16H34N2O2/c1-15(2,11-19)17-9-13-6-5-7-14(8-13)10-18-16(3,4)12-20/h13-14,17-20H,5-12H2,1-4H3/t13-,14+. The summed E-state index contributed by atoms with van der Waals surface area (Å²) < 4.78 is 0. The average Bonchev–Trinajstić information content (AvgIpc) is 2.44. The van der Waals surface area contributed by atoms with Crippen LogP contribution in [0.4, 0.5) is 0 Å². The molecule has 0 amide bonds. The van der Waals surface area contributed by atoms with Crippen LogP contribution in [0.2, 0.25) is 0 Å². The summed E-state index contributed by atoms with van der Waals surface area (Å²) >= 11 is 0. The summed E-state index contributed by atoms with van der Waals surface area (Å²) in [6.45, 7) is 10.5. The zero-order valence-corrected chi connectivity index (χ0v) is 13.7. The monoisotopic (exact) mass is 286 g/mol. The first-order valence-electron chi connectivity index (χ1n) is 8.00. The molecule has 0 saturated heterocycles. The largest absolute Gasteiger partial charge is 0.394 e. The lowest BCUT2D eigenvalue weighted by molar-refractivity contribution is 0.157. The van der Waals surface area contributed by atoms with Gasteiger partial charge in [-0.2, -0.15) is 0 Å². The van der Waals surface area contributed by atoms with Crippen molar-refractivity contribution in [1.29, 1.82) is 0 Å². The highest BCUT2D eigenvalue weighted by Crippen LogP contribution is 2.29. The maximum Gasteiger partial charge on any atom is 0.0607 e. The third-order valence-electron chi connectivity index (χ3n) is 4.42. The molecule has 1 aliphatic rings. The number of rotatable bonds is 8. The van der Waals surface area contributed by atoms with Gasteiger partial charge in [-0.25, -0.2) is 0 Å². The quantitative estimate of drug-likeness (QED) is 0.546. The first-order valence-corrected chi connectivity index (χ1v) is 8.00. The van der Waals surface area contributed by atoms with Gasteiger partial charge in [0.15, 0.2) is 0 Å². The van der Waals surface area contributed by atoms with Crippen LogP contribution < -0.4 is 10.6 Å². The molecule has 1 aliphatic carbocycles. The molecule has 1 rings (SSSR count). The molecule has 4 heteroatoms. The Labute approximate surface area is 124 Å². The van der Waals surface area contributed by atoms with Gasteiger partial charge in [-0.3, -0.25) is 0 Å². The van der Waals surface area contributed by atoms with E-state index in [1.807, 2.05) is 27.7 Å². The van der Waals surface area contributed by atoms with E-state index in [4.69, 9.17) is 0 Å². The van der Waals surface area contributed by atoms with Crippen LogP contribution in [0, 0.1) is 11.8 Å². The van der Waals surface area contributed by atoms with E-state index in [1.54, 1.807) is 0 Å². The van der Waals surface area contributed by atoms with Crippen molar-refractivity contribution in [1.82, 2.24) is 10.6 Å². The maximum atomic E-state index is 9.28. The SMILES string of the molecule is CC(C)(CO)NC[C@H]1CCC[C@@H](CNC(C)(C)CO)C1.